The molecule has 15 nitrogen and oxygen atoms in total. The second-order valence-electron chi connectivity index (χ2n) is 21.1. The number of nitriles is 1. The van der Waals surface area contributed by atoms with Gasteiger partial charge in [0.15, 0.2) is 20.2 Å². The van der Waals surface area contributed by atoms with Crippen LogP contribution in [0.4, 0.5) is 5.95 Å². The van der Waals surface area contributed by atoms with Gasteiger partial charge in [-0.1, -0.05) is 112 Å². The lowest BCUT2D eigenvalue weighted by Crippen LogP contribution is -2.50. The van der Waals surface area contributed by atoms with Gasteiger partial charge in [0.1, 0.15) is 28.9 Å². The molecule has 7 aromatic rings. The van der Waals surface area contributed by atoms with Crippen molar-refractivity contribution in [1.29, 1.82) is 5.26 Å². The van der Waals surface area contributed by atoms with Gasteiger partial charge in [0.05, 0.1) is 69.8 Å². The van der Waals surface area contributed by atoms with Crippen LogP contribution in [-0.2, 0) is 30.6 Å². The quantitative estimate of drug-likeness (QED) is 0.0352. The molecule has 4 aromatic carbocycles. The summed E-state index contributed by atoms with van der Waals surface area (Å²) in [6.45, 7) is 19.4. The lowest BCUT2D eigenvalue weighted by molar-refractivity contribution is -0.0919. The van der Waals surface area contributed by atoms with Crippen LogP contribution < -0.4 is 14.8 Å². The topological polar surface area (TPSA) is 171 Å². The number of imidazole rings is 1. The number of ether oxygens (including phenoxy) is 4. The number of fused-ring (bicyclic) bond motifs is 1. The average Bonchev–Trinajstić information content (AvgIpc) is 4.17. The molecular weight excluding hydrogens is 994 g/mol. The third-order valence-corrected chi connectivity index (χ3v) is 20.8. The van der Waals surface area contributed by atoms with Gasteiger partial charge in [-0.3, -0.25) is 4.57 Å². The number of nitrogens with zero attached hydrogens (tertiary/aromatic N) is 6. The largest absolute Gasteiger partial charge is 0.497 e. The van der Waals surface area contributed by atoms with Gasteiger partial charge < -0.3 is 42.5 Å². The maximum atomic E-state index is 12.3. The second kappa shape index (κ2) is 24.4. The normalized spacial score (nSPS) is 18.2. The van der Waals surface area contributed by atoms with E-state index >= 15 is 0 Å². The van der Waals surface area contributed by atoms with Crippen LogP contribution in [0, 0.1) is 17.2 Å². The van der Waals surface area contributed by atoms with Crippen molar-refractivity contribution in [1.82, 2.24) is 24.2 Å². The lowest BCUT2D eigenvalue weighted by Gasteiger charge is -2.43. The van der Waals surface area contributed by atoms with Crippen molar-refractivity contribution < 1.29 is 37.2 Å². The highest BCUT2D eigenvalue weighted by molar-refractivity contribution is 7.43. The summed E-state index contributed by atoms with van der Waals surface area (Å²) >= 11 is 0. The number of rotatable bonds is 23. The third kappa shape index (κ3) is 12.1. The molecule has 2 unspecified atom stereocenters. The van der Waals surface area contributed by atoms with E-state index < -0.39 is 52.9 Å². The number of methoxy groups -OCH3 is 2. The molecule has 1 fully saturated rings. The summed E-state index contributed by atoms with van der Waals surface area (Å²) in [5.41, 5.74) is 4.80. The van der Waals surface area contributed by atoms with Gasteiger partial charge in [0.25, 0.3) is 8.53 Å². The number of benzene rings is 4. The van der Waals surface area contributed by atoms with E-state index in [2.05, 4.69) is 57.4 Å². The highest BCUT2D eigenvalue weighted by Gasteiger charge is 2.56. The van der Waals surface area contributed by atoms with E-state index in [-0.39, 0.29) is 30.1 Å². The van der Waals surface area contributed by atoms with Gasteiger partial charge in [-0.2, -0.15) is 5.26 Å². The van der Waals surface area contributed by atoms with Crippen molar-refractivity contribution >= 4 is 46.1 Å². The summed E-state index contributed by atoms with van der Waals surface area (Å²) in [5, 5.41) is 14.2. The Bertz CT molecular complexity index is 2960. The molecular formula is C59H72N7O8PSi. The van der Waals surface area contributed by atoms with Gasteiger partial charge in [0, 0.05) is 30.1 Å². The predicted octanol–water partition coefficient (Wildman–Crippen LogP) is 12.8. The molecule has 17 heteroatoms. The minimum absolute atomic E-state index is 0.0390. The monoisotopic (exact) mass is 1070 g/mol. The molecule has 6 atom stereocenters. The van der Waals surface area contributed by atoms with E-state index in [0.717, 1.165) is 27.8 Å². The molecule has 4 heterocycles. The van der Waals surface area contributed by atoms with Gasteiger partial charge in [-0.05, 0) is 104 Å². The Morgan fingerprint density at radius 2 is 1.45 bits per heavy atom. The maximum absolute atomic E-state index is 12.3. The molecule has 1 aliphatic heterocycles. The zero-order chi connectivity index (χ0) is 54.2. The molecule has 0 amide bonds. The predicted molar refractivity (Wildman–Crippen MR) is 301 cm³/mol. The number of nitrogens with one attached hydrogen (secondary N) is 1. The molecule has 2 N–H and O–H groups in total. The van der Waals surface area contributed by atoms with Gasteiger partial charge in [-0.25, -0.2) is 19.6 Å². The summed E-state index contributed by atoms with van der Waals surface area (Å²) in [4.78, 5) is 27.2. The molecule has 400 valence electrons. The maximum Gasteiger partial charge on any atom is 0.256 e. The molecule has 76 heavy (non-hydrogen) atoms. The van der Waals surface area contributed by atoms with Gasteiger partial charge in [-0.15, -0.1) is 0 Å². The Morgan fingerprint density at radius 1 is 0.842 bits per heavy atom. The molecule has 3 aromatic heterocycles. The molecule has 0 saturated carbocycles. The van der Waals surface area contributed by atoms with Crippen LogP contribution in [0.25, 0.3) is 23.3 Å². The molecule has 0 aliphatic carbocycles. The fourth-order valence-corrected chi connectivity index (χ4v) is 12.4. The van der Waals surface area contributed by atoms with Crippen LogP contribution in [0.15, 0.2) is 139 Å². The van der Waals surface area contributed by atoms with Crippen LogP contribution in [0.3, 0.4) is 0 Å². The summed E-state index contributed by atoms with van der Waals surface area (Å²) in [5.74, 6) is 1.10. The van der Waals surface area contributed by atoms with Crippen LogP contribution in [0.2, 0.25) is 18.1 Å². The fraction of sp³-hybridized carbons (Fsp3) is 0.390. The fourth-order valence-electron chi connectivity index (χ4n) is 9.72. The zero-order valence-corrected chi connectivity index (χ0v) is 47.3. The smallest absolute Gasteiger partial charge is 0.256 e. The van der Waals surface area contributed by atoms with Crippen LogP contribution in [-0.4, -0.2) is 88.6 Å². The Labute approximate surface area is 449 Å². The molecule has 0 spiro atoms. The summed E-state index contributed by atoms with van der Waals surface area (Å²) in [6, 6.07) is 40.1. The van der Waals surface area contributed by atoms with E-state index in [1.807, 2.05) is 152 Å². The first-order valence-corrected chi connectivity index (χ1v) is 29.9. The summed E-state index contributed by atoms with van der Waals surface area (Å²) < 4.78 is 50.7. The Kier molecular flexibility index (Phi) is 18.0. The van der Waals surface area contributed by atoms with Crippen molar-refractivity contribution in [2.24, 2.45) is 5.92 Å². The molecule has 8 rings (SSSR count). The zero-order valence-electron chi connectivity index (χ0n) is 45.5. The minimum atomic E-state index is -2.77. The van der Waals surface area contributed by atoms with Crippen molar-refractivity contribution in [3.63, 3.8) is 0 Å². The number of hydrogen-bond acceptors (Lipinski definition) is 14. The minimum Gasteiger partial charge on any atom is -0.497 e. The summed E-state index contributed by atoms with van der Waals surface area (Å²) in [7, 11) is -1.71. The highest BCUT2D eigenvalue weighted by Crippen LogP contribution is 2.52. The SMILES string of the molecule is COc1ccc(C(OC[C@@H]2O[C@@H](n3c(NCc4ccoc4)nc4c(/C=C/c5ccccc5)ncnc43)[C@H](O[Si](C)(C)C(C)(C)C)[C@@H]2C(CC#N)OP(O)N(C(C)C)C(C)C)(c2ccccc2)c2ccc(OC)cc2)cc1. The molecule has 1 aliphatic rings. The van der Waals surface area contributed by atoms with Crippen molar-refractivity contribution in [2.75, 3.05) is 26.1 Å². The molecule has 0 bridgehead atoms. The third-order valence-electron chi connectivity index (χ3n) is 14.5. The first-order chi connectivity index (χ1) is 36.5. The molecule has 0 radical (unpaired) electrons. The van der Waals surface area contributed by atoms with E-state index in [0.29, 0.717) is 40.8 Å². The highest BCUT2D eigenvalue weighted by atomic mass is 31.2. The summed E-state index contributed by atoms with van der Waals surface area (Å²) in [6.07, 6.45) is 5.17. The number of furan rings is 1. The van der Waals surface area contributed by atoms with E-state index in [9.17, 15) is 10.2 Å². The van der Waals surface area contributed by atoms with Gasteiger partial charge >= 0.3 is 0 Å². The first kappa shape index (κ1) is 56.0. The van der Waals surface area contributed by atoms with Crippen molar-refractivity contribution in [3.8, 4) is 17.6 Å². The second-order valence-corrected chi connectivity index (χ2v) is 27.0. The van der Waals surface area contributed by atoms with E-state index in [1.165, 1.54) is 6.33 Å². The Balaban J connectivity index is 1.36. The molecule has 1 saturated heterocycles. The lowest BCUT2D eigenvalue weighted by atomic mass is 9.79. The first-order valence-electron chi connectivity index (χ1n) is 25.8. The Morgan fingerprint density at radius 3 is 2.00 bits per heavy atom. The number of hydrogen-bond donors (Lipinski definition) is 2. The van der Waals surface area contributed by atoms with Crippen LogP contribution >= 0.6 is 8.53 Å². The van der Waals surface area contributed by atoms with E-state index in [1.54, 1.807) is 26.7 Å². The standard InChI is InChI=1S/C59H72N7O8PSi/c1-40(2)66(41(3)4)75(67)73-50(32-34-60)52-51(38-71-59(44-20-16-13-17-21-44,45-23-27-47(68-8)28-24-45)46-25-29-48(69-9)30-26-46)72-56(54(52)74-76(10,11)58(5,6)7)65-55-53(64-57(65)61-36-43-33-35-70-37-43)49(62-39-63-55)31-22-42-18-14-12-15-19-42/h12-31,33,35,37,39-41,50-52,54,56,67H,32,36,38H2,1-11H3,(H,61,64)/b31-22+/t50?,51-,52+,54+,56+,75?/m0/s1. The van der Waals surface area contributed by atoms with Crippen molar-refractivity contribution in [2.45, 2.75) is 122 Å². The van der Waals surface area contributed by atoms with E-state index in [4.69, 9.17) is 47.3 Å². The number of anilines is 1. The van der Waals surface area contributed by atoms with Crippen LogP contribution in [0.5, 0.6) is 11.5 Å². The van der Waals surface area contributed by atoms with Crippen molar-refractivity contribution in [3.05, 3.63) is 168 Å². The number of aromatic nitrogens is 4. The Hall–Kier alpha value is -6.25. The van der Waals surface area contributed by atoms with Crippen LogP contribution in [0.1, 0.15) is 94.6 Å². The average molecular weight is 1070 g/mol. The van der Waals surface area contributed by atoms with Gasteiger partial charge in [0.2, 0.25) is 5.95 Å².